The molecule has 6 atom stereocenters. The van der Waals surface area contributed by atoms with E-state index >= 15 is 0 Å². The summed E-state index contributed by atoms with van der Waals surface area (Å²) in [5.74, 6) is 1.00. The Labute approximate surface area is 301 Å². The van der Waals surface area contributed by atoms with Gasteiger partial charge in [-0.05, 0) is 97.7 Å². The van der Waals surface area contributed by atoms with Crippen LogP contribution in [0.15, 0.2) is 52.9 Å². The Morgan fingerprint density at radius 3 is 2.76 bits per heavy atom. The van der Waals surface area contributed by atoms with Gasteiger partial charge in [0.25, 0.3) is 5.91 Å². The normalized spacial score (nSPS) is 32.0. The predicted octanol–water partition coefficient (Wildman–Crippen LogP) is 6.26. The summed E-state index contributed by atoms with van der Waals surface area (Å²) < 4.78 is 39.3. The van der Waals surface area contributed by atoms with E-state index in [0.29, 0.717) is 55.9 Å². The molecule has 0 aromatic heterocycles. The van der Waals surface area contributed by atoms with Crippen molar-refractivity contribution >= 4 is 39.1 Å². The van der Waals surface area contributed by atoms with Gasteiger partial charge in [-0.2, -0.15) is 0 Å². The van der Waals surface area contributed by atoms with Gasteiger partial charge >= 0.3 is 6.03 Å². The summed E-state index contributed by atoms with van der Waals surface area (Å²) in [6, 6.07) is 11.1. The Morgan fingerprint density at radius 2 is 2.00 bits per heavy atom. The number of rotatable bonds is 4. The number of benzene rings is 2. The number of methoxy groups -OCH3 is 2. The number of amides is 3. The topological polar surface area (TPSA) is 110 Å². The summed E-state index contributed by atoms with van der Waals surface area (Å²) >= 11 is 6.45. The van der Waals surface area contributed by atoms with E-state index < -0.39 is 21.9 Å². The number of hydrogen-bond donors (Lipinski definition) is 1. The zero-order valence-corrected chi connectivity index (χ0v) is 30.8. The monoisotopic (exact) mass is 724 g/mol. The van der Waals surface area contributed by atoms with E-state index in [1.165, 1.54) is 11.1 Å². The van der Waals surface area contributed by atoms with Gasteiger partial charge in [-0.1, -0.05) is 36.7 Å². The molecule has 1 saturated heterocycles. The molecular formula is C38H49ClN4O6S. The van der Waals surface area contributed by atoms with Gasteiger partial charge in [-0.15, -0.1) is 4.36 Å². The summed E-state index contributed by atoms with van der Waals surface area (Å²) in [5.41, 5.74) is 3.45. The van der Waals surface area contributed by atoms with Crippen LogP contribution in [0.25, 0.3) is 0 Å². The zero-order valence-electron chi connectivity index (χ0n) is 29.3. The largest absolute Gasteiger partial charge is 0.490 e. The van der Waals surface area contributed by atoms with E-state index in [4.69, 9.17) is 25.8 Å². The van der Waals surface area contributed by atoms with Crippen molar-refractivity contribution in [1.29, 1.82) is 0 Å². The van der Waals surface area contributed by atoms with Gasteiger partial charge < -0.3 is 24.0 Å². The SMILES string of the molecule is COCC1CN(C(=O)N[S@@]2(=O)=NC(=O)c3ccc4c(c3)N(C[C@@H]3CC[C@H]3[C@@H](OC)/C=C/C[C@H](C)C2)C[C@@]2(CCCc3cc(Cl)ccc32)CO4)C1. The third-order valence-corrected chi connectivity index (χ3v) is 13.6. The summed E-state index contributed by atoms with van der Waals surface area (Å²) in [7, 11) is -0.0567. The molecule has 2 fully saturated rings. The van der Waals surface area contributed by atoms with Gasteiger partial charge in [0.2, 0.25) is 0 Å². The van der Waals surface area contributed by atoms with Crippen molar-refractivity contribution in [3.8, 4) is 5.75 Å². The predicted molar refractivity (Wildman–Crippen MR) is 195 cm³/mol. The molecule has 3 amide bonds. The first-order valence-electron chi connectivity index (χ1n) is 17.9. The molecule has 2 aromatic carbocycles. The van der Waals surface area contributed by atoms with E-state index in [1.54, 1.807) is 25.2 Å². The molecule has 7 rings (SSSR count). The number of nitrogens with zero attached hydrogens (tertiary/aromatic N) is 3. The number of aryl methyl sites for hydroxylation is 1. The summed E-state index contributed by atoms with van der Waals surface area (Å²) in [6.07, 6.45) is 9.97. The van der Waals surface area contributed by atoms with Crippen molar-refractivity contribution in [3.05, 3.63) is 70.3 Å². The van der Waals surface area contributed by atoms with E-state index in [0.717, 1.165) is 55.9 Å². The Hall–Kier alpha value is -3.12. The molecule has 1 saturated carbocycles. The van der Waals surface area contributed by atoms with Crippen LogP contribution in [0, 0.1) is 23.7 Å². The first-order valence-corrected chi connectivity index (χ1v) is 20.0. The molecule has 0 unspecified atom stereocenters. The fraction of sp³-hybridized carbons (Fsp3) is 0.579. The Kier molecular flexibility index (Phi) is 10.2. The molecule has 1 N–H and O–H groups in total. The number of fused-ring (bicyclic) bond motifs is 4. The number of anilines is 1. The van der Waals surface area contributed by atoms with Crippen molar-refractivity contribution in [2.45, 2.75) is 57.0 Å². The molecule has 1 spiro atoms. The molecule has 3 heterocycles. The minimum absolute atomic E-state index is 0.0417. The molecule has 0 radical (unpaired) electrons. The molecule has 2 aromatic rings. The Balaban J connectivity index is 1.26. The minimum Gasteiger partial charge on any atom is -0.490 e. The third-order valence-electron chi connectivity index (χ3n) is 11.4. The molecule has 10 nitrogen and oxygen atoms in total. The highest BCUT2D eigenvalue weighted by Crippen LogP contribution is 2.47. The second kappa shape index (κ2) is 14.5. The van der Waals surface area contributed by atoms with E-state index in [-0.39, 0.29) is 29.1 Å². The number of urea groups is 1. The Morgan fingerprint density at radius 1 is 1.16 bits per heavy atom. The molecule has 2 aliphatic carbocycles. The number of halogens is 1. The number of hydrogen-bond acceptors (Lipinski definition) is 7. The highest BCUT2D eigenvalue weighted by molar-refractivity contribution is 7.92. The van der Waals surface area contributed by atoms with Gasteiger partial charge in [0.1, 0.15) is 15.7 Å². The number of ether oxygens (including phenoxy) is 3. The van der Waals surface area contributed by atoms with Crippen LogP contribution in [0.1, 0.15) is 60.5 Å². The maximum Gasteiger partial charge on any atom is 0.329 e. The van der Waals surface area contributed by atoms with Crippen LogP contribution in [0.3, 0.4) is 0 Å². The van der Waals surface area contributed by atoms with Crippen molar-refractivity contribution < 1.29 is 28.0 Å². The lowest BCUT2D eigenvalue weighted by molar-refractivity contribution is 0.0131. The number of carbonyl (C=O) groups is 2. The molecule has 3 aliphatic heterocycles. The average molecular weight is 725 g/mol. The quantitative estimate of drug-likeness (QED) is 0.371. The lowest BCUT2D eigenvalue weighted by Gasteiger charge is -2.46. The highest BCUT2D eigenvalue weighted by Gasteiger charge is 2.44. The molecule has 2 bridgehead atoms. The van der Waals surface area contributed by atoms with Crippen LogP contribution in [0.2, 0.25) is 5.02 Å². The molecule has 270 valence electrons. The standard InChI is InChI=1S/C38H49ClN4O6S/c1-25-6-4-8-34(48-3)31-12-9-29(31)20-43-23-38(15-5-7-27-16-30(39)11-13-32(27)38)24-49-35-14-10-28(17-33(35)43)36(44)40-50(46,22-25)41-37(45)42-18-26(19-42)21-47-2/h4,8,10-11,13-14,16-17,25-26,29,31,34H,5-7,9,12,15,18-24H2,1-3H3,(H,40,41,44,45,46)/b8-4+/t25-,29-,31+,34-,38-,50-/m0/s1. The highest BCUT2D eigenvalue weighted by atomic mass is 35.5. The van der Waals surface area contributed by atoms with Gasteiger partial charge in [-0.25, -0.2) is 9.00 Å². The van der Waals surface area contributed by atoms with Gasteiger partial charge in [0, 0.05) is 62.3 Å². The molecular weight excluding hydrogens is 676 g/mol. The molecule has 12 heteroatoms. The average Bonchev–Trinajstić information content (AvgIpc) is 3.19. The van der Waals surface area contributed by atoms with Crippen LogP contribution in [-0.4, -0.2) is 86.5 Å². The number of carbonyl (C=O) groups excluding carboxylic acids is 2. The van der Waals surface area contributed by atoms with Crippen LogP contribution in [0.5, 0.6) is 5.75 Å². The molecule has 5 aliphatic rings. The summed E-state index contributed by atoms with van der Waals surface area (Å²) in [5, 5.41) is 0.744. The third kappa shape index (κ3) is 7.16. The van der Waals surface area contributed by atoms with Gasteiger partial charge in [0.05, 0.1) is 30.8 Å². The van der Waals surface area contributed by atoms with E-state index in [9.17, 15) is 13.8 Å². The lowest BCUT2D eigenvalue weighted by Crippen LogP contribution is -2.56. The van der Waals surface area contributed by atoms with Crippen molar-refractivity contribution in [1.82, 2.24) is 9.62 Å². The van der Waals surface area contributed by atoms with Crippen LogP contribution >= 0.6 is 11.6 Å². The first kappa shape index (κ1) is 35.3. The number of nitrogens with one attached hydrogen (secondary N) is 1. The smallest absolute Gasteiger partial charge is 0.329 e. The summed E-state index contributed by atoms with van der Waals surface area (Å²) in [6.45, 7) is 5.55. The zero-order chi connectivity index (χ0) is 35.0. The summed E-state index contributed by atoms with van der Waals surface area (Å²) in [4.78, 5) is 31.2. The fourth-order valence-corrected chi connectivity index (χ4v) is 10.7. The number of likely N-dealkylation sites (tertiary alicyclic amines) is 1. The lowest BCUT2D eigenvalue weighted by atomic mass is 9.68. The van der Waals surface area contributed by atoms with Gasteiger partial charge in [-0.3, -0.25) is 9.52 Å². The fourth-order valence-electron chi connectivity index (χ4n) is 8.65. The van der Waals surface area contributed by atoms with Crippen LogP contribution in [-0.2, 0) is 31.2 Å². The van der Waals surface area contributed by atoms with Gasteiger partial charge in [0.15, 0.2) is 0 Å². The first-order chi connectivity index (χ1) is 24.1. The van der Waals surface area contributed by atoms with Crippen molar-refractivity contribution in [2.24, 2.45) is 28.0 Å². The number of allylic oxidation sites excluding steroid dienone is 1. The van der Waals surface area contributed by atoms with Crippen molar-refractivity contribution in [2.75, 3.05) is 64.3 Å². The maximum atomic E-state index is 14.5. The van der Waals surface area contributed by atoms with E-state index in [2.05, 4.69) is 38.3 Å². The van der Waals surface area contributed by atoms with Crippen LogP contribution in [0.4, 0.5) is 10.5 Å². The second-order valence-corrected chi connectivity index (χ2v) is 17.5. The van der Waals surface area contributed by atoms with E-state index in [1.807, 2.05) is 25.1 Å². The van der Waals surface area contributed by atoms with Crippen LogP contribution < -0.4 is 14.4 Å². The Bertz CT molecular complexity index is 1770. The molecule has 50 heavy (non-hydrogen) atoms. The second-order valence-electron chi connectivity index (χ2n) is 15.1. The van der Waals surface area contributed by atoms with Crippen molar-refractivity contribution in [3.63, 3.8) is 0 Å². The maximum absolute atomic E-state index is 14.5. The minimum atomic E-state index is -3.46.